The fourth-order valence-electron chi connectivity index (χ4n) is 4.63. The van der Waals surface area contributed by atoms with E-state index >= 15 is 0 Å². The summed E-state index contributed by atoms with van der Waals surface area (Å²) < 4.78 is 1.25. The number of H-pyrrole nitrogens is 1. The highest BCUT2D eigenvalue weighted by molar-refractivity contribution is 7.22. The van der Waals surface area contributed by atoms with E-state index in [-0.39, 0.29) is 11.8 Å². The molecule has 0 bridgehead atoms. The lowest BCUT2D eigenvalue weighted by atomic mass is 9.96. The van der Waals surface area contributed by atoms with Gasteiger partial charge in [-0.3, -0.25) is 4.79 Å². The highest BCUT2D eigenvalue weighted by Gasteiger charge is 2.26. The number of hydrogen-bond donors (Lipinski definition) is 2. The molecule has 2 aromatic carbocycles. The van der Waals surface area contributed by atoms with Gasteiger partial charge in [-0.1, -0.05) is 35.6 Å². The molecular formula is C25H28N4OS. The number of rotatable bonds is 5. The van der Waals surface area contributed by atoms with Gasteiger partial charge in [-0.15, -0.1) is 0 Å². The average Bonchev–Trinajstić information content (AvgIpc) is 3.38. The summed E-state index contributed by atoms with van der Waals surface area (Å²) in [5.74, 6) is 0.285. The summed E-state index contributed by atoms with van der Waals surface area (Å²) in [5.41, 5.74) is 6.04. The second-order valence-electron chi connectivity index (χ2n) is 8.59. The summed E-state index contributed by atoms with van der Waals surface area (Å²) in [5, 5.41) is 5.49. The number of aryl methyl sites for hydroxylation is 2. The second-order valence-corrected chi connectivity index (χ2v) is 9.60. The van der Waals surface area contributed by atoms with Crippen LogP contribution in [0, 0.1) is 19.8 Å². The van der Waals surface area contributed by atoms with E-state index in [0.29, 0.717) is 6.54 Å². The van der Waals surface area contributed by atoms with E-state index in [9.17, 15) is 4.79 Å². The Morgan fingerprint density at radius 3 is 2.87 bits per heavy atom. The van der Waals surface area contributed by atoms with E-state index in [1.807, 2.05) is 6.07 Å². The number of nitrogens with zero attached hydrogens (tertiary/aromatic N) is 2. The summed E-state index contributed by atoms with van der Waals surface area (Å²) in [6, 6.07) is 12.7. The number of aromatic amines is 1. The largest absolute Gasteiger partial charge is 0.361 e. The Morgan fingerprint density at radius 1 is 1.23 bits per heavy atom. The molecule has 1 fully saturated rings. The molecule has 3 heterocycles. The van der Waals surface area contributed by atoms with Gasteiger partial charge in [0.25, 0.3) is 0 Å². The van der Waals surface area contributed by atoms with E-state index in [0.717, 1.165) is 48.5 Å². The molecule has 4 aromatic rings. The molecule has 5 rings (SSSR count). The van der Waals surface area contributed by atoms with E-state index in [4.69, 9.17) is 4.98 Å². The minimum Gasteiger partial charge on any atom is -0.361 e. The smallest absolute Gasteiger partial charge is 0.223 e. The number of thiazole rings is 1. The summed E-state index contributed by atoms with van der Waals surface area (Å²) in [6.45, 7) is 6.72. The van der Waals surface area contributed by atoms with Crippen LogP contribution in [0.2, 0.25) is 0 Å². The zero-order valence-electron chi connectivity index (χ0n) is 18.1. The first-order valence-electron chi connectivity index (χ1n) is 11.0. The van der Waals surface area contributed by atoms with Crippen molar-refractivity contribution in [3.63, 3.8) is 0 Å². The van der Waals surface area contributed by atoms with Crippen LogP contribution in [-0.4, -0.2) is 35.5 Å². The van der Waals surface area contributed by atoms with Gasteiger partial charge in [0.2, 0.25) is 5.91 Å². The molecule has 6 heteroatoms. The van der Waals surface area contributed by atoms with Gasteiger partial charge >= 0.3 is 0 Å². The molecule has 0 radical (unpaired) electrons. The number of nitrogens with one attached hydrogen (secondary N) is 2. The lowest BCUT2D eigenvalue weighted by molar-refractivity contribution is -0.125. The maximum absolute atomic E-state index is 12.7. The Kier molecular flexibility index (Phi) is 5.40. The van der Waals surface area contributed by atoms with E-state index in [1.165, 1.54) is 26.8 Å². The van der Waals surface area contributed by atoms with Gasteiger partial charge in [0.1, 0.15) is 0 Å². The van der Waals surface area contributed by atoms with Gasteiger partial charge in [0.15, 0.2) is 5.13 Å². The van der Waals surface area contributed by atoms with Crippen molar-refractivity contribution in [3.05, 3.63) is 59.3 Å². The molecule has 160 valence electrons. The predicted molar refractivity (Wildman–Crippen MR) is 129 cm³/mol. The van der Waals surface area contributed by atoms with Crippen LogP contribution in [0.15, 0.2) is 42.6 Å². The number of benzene rings is 2. The Balaban J connectivity index is 1.15. The molecule has 1 aliphatic heterocycles. The van der Waals surface area contributed by atoms with Crippen molar-refractivity contribution in [2.75, 3.05) is 24.5 Å². The van der Waals surface area contributed by atoms with Crippen molar-refractivity contribution in [2.45, 2.75) is 33.1 Å². The zero-order valence-corrected chi connectivity index (χ0v) is 18.9. The molecule has 0 aliphatic carbocycles. The van der Waals surface area contributed by atoms with Gasteiger partial charge in [0, 0.05) is 42.7 Å². The fourth-order valence-corrected chi connectivity index (χ4v) is 5.82. The number of hydrogen-bond acceptors (Lipinski definition) is 4. The minimum absolute atomic E-state index is 0.0950. The monoisotopic (exact) mass is 432 g/mol. The highest BCUT2D eigenvalue weighted by atomic mass is 32.1. The normalized spacial score (nSPS) is 15.1. The first kappa shape index (κ1) is 20.1. The molecule has 0 unspecified atom stereocenters. The molecule has 1 amide bonds. The number of anilines is 1. The van der Waals surface area contributed by atoms with E-state index in [2.05, 4.69) is 65.6 Å². The van der Waals surface area contributed by atoms with Crippen molar-refractivity contribution < 1.29 is 4.79 Å². The third-order valence-electron chi connectivity index (χ3n) is 6.32. The molecule has 1 saturated heterocycles. The van der Waals surface area contributed by atoms with Gasteiger partial charge < -0.3 is 15.2 Å². The number of aromatic nitrogens is 2. The summed E-state index contributed by atoms with van der Waals surface area (Å²) in [4.78, 5) is 23.2. The van der Waals surface area contributed by atoms with Crippen LogP contribution in [0.1, 0.15) is 29.5 Å². The van der Waals surface area contributed by atoms with Crippen LogP contribution >= 0.6 is 11.3 Å². The average molecular weight is 433 g/mol. The SMILES string of the molecule is Cc1cc(C)c2nc(N3CCC(C(=O)NCCc4c[nH]c5ccccc45)CC3)sc2c1. The van der Waals surface area contributed by atoms with Crippen molar-refractivity contribution in [2.24, 2.45) is 5.92 Å². The highest BCUT2D eigenvalue weighted by Crippen LogP contribution is 2.33. The lowest BCUT2D eigenvalue weighted by Gasteiger charge is -2.31. The summed E-state index contributed by atoms with van der Waals surface area (Å²) in [7, 11) is 0. The molecule has 0 spiro atoms. The zero-order chi connectivity index (χ0) is 21.4. The molecular weight excluding hydrogens is 404 g/mol. The number of amides is 1. The molecule has 1 aliphatic rings. The molecule has 0 atom stereocenters. The van der Waals surface area contributed by atoms with E-state index < -0.39 is 0 Å². The Morgan fingerprint density at radius 2 is 2.03 bits per heavy atom. The number of carbonyl (C=O) groups is 1. The molecule has 5 nitrogen and oxygen atoms in total. The Bertz CT molecular complexity index is 1230. The second kappa shape index (κ2) is 8.35. The van der Waals surface area contributed by atoms with Crippen LogP contribution in [0.3, 0.4) is 0 Å². The van der Waals surface area contributed by atoms with Crippen molar-refractivity contribution in [3.8, 4) is 0 Å². The third kappa shape index (κ3) is 4.04. The van der Waals surface area contributed by atoms with Crippen LogP contribution in [0.5, 0.6) is 0 Å². The molecule has 31 heavy (non-hydrogen) atoms. The third-order valence-corrected chi connectivity index (χ3v) is 7.39. The number of carbonyl (C=O) groups excluding carboxylic acids is 1. The lowest BCUT2D eigenvalue weighted by Crippen LogP contribution is -2.41. The number of para-hydroxylation sites is 1. The van der Waals surface area contributed by atoms with Gasteiger partial charge in [-0.05, 0) is 61.9 Å². The van der Waals surface area contributed by atoms with Crippen LogP contribution in [-0.2, 0) is 11.2 Å². The first-order valence-corrected chi connectivity index (χ1v) is 11.9. The predicted octanol–water partition coefficient (Wildman–Crippen LogP) is 4.97. The van der Waals surface area contributed by atoms with E-state index in [1.54, 1.807) is 11.3 Å². The summed E-state index contributed by atoms with van der Waals surface area (Å²) >= 11 is 1.77. The molecule has 2 aromatic heterocycles. The number of piperidine rings is 1. The topological polar surface area (TPSA) is 61.0 Å². The standard InChI is InChI=1S/C25H28N4OS/c1-16-13-17(2)23-22(14-16)31-25(28-23)29-11-8-18(9-12-29)24(30)26-10-7-19-15-27-21-6-4-3-5-20(19)21/h3-6,13-15,18,27H,7-12H2,1-2H3,(H,26,30). The number of fused-ring (bicyclic) bond motifs is 2. The van der Waals surface area contributed by atoms with Crippen molar-refractivity contribution in [1.82, 2.24) is 15.3 Å². The van der Waals surface area contributed by atoms with Crippen LogP contribution < -0.4 is 10.2 Å². The van der Waals surface area contributed by atoms with Crippen molar-refractivity contribution in [1.29, 1.82) is 0 Å². The van der Waals surface area contributed by atoms with Crippen molar-refractivity contribution >= 4 is 43.5 Å². The quantitative estimate of drug-likeness (QED) is 0.468. The molecule has 2 N–H and O–H groups in total. The van der Waals surface area contributed by atoms with Crippen LogP contribution in [0.4, 0.5) is 5.13 Å². The van der Waals surface area contributed by atoms with Crippen LogP contribution in [0.25, 0.3) is 21.1 Å². The van der Waals surface area contributed by atoms with Gasteiger partial charge in [0.05, 0.1) is 10.2 Å². The summed E-state index contributed by atoms with van der Waals surface area (Å²) in [6.07, 6.45) is 4.66. The maximum Gasteiger partial charge on any atom is 0.223 e. The Labute approximate surface area is 186 Å². The van der Waals surface area contributed by atoms with Gasteiger partial charge in [-0.2, -0.15) is 0 Å². The van der Waals surface area contributed by atoms with Gasteiger partial charge in [-0.25, -0.2) is 4.98 Å². The maximum atomic E-state index is 12.7. The first-order chi connectivity index (χ1) is 15.1. The minimum atomic E-state index is 0.0950. The fraction of sp³-hybridized carbons (Fsp3) is 0.360. The molecule has 0 saturated carbocycles. The Hall–Kier alpha value is -2.86.